The van der Waals surface area contributed by atoms with E-state index in [9.17, 15) is 13.2 Å². The molecule has 1 aromatic heterocycles. The molecule has 1 spiro atoms. The van der Waals surface area contributed by atoms with Crippen molar-refractivity contribution in [2.75, 3.05) is 13.1 Å². The summed E-state index contributed by atoms with van der Waals surface area (Å²) < 4.78 is 37.0. The predicted molar refractivity (Wildman–Crippen MR) is 125 cm³/mol. The molecule has 0 aliphatic carbocycles. The van der Waals surface area contributed by atoms with Crippen LogP contribution in [0.3, 0.4) is 0 Å². The van der Waals surface area contributed by atoms with Crippen LogP contribution < -0.4 is 9.88 Å². The maximum absolute atomic E-state index is 13.2. The molecule has 0 atom stereocenters. The summed E-state index contributed by atoms with van der Waals surface area (Å²) in [6, 6.07) is 19.6. The Morgan fingerprint density at radius 2 is 1.67 bits per heavy atom. The maximum Gasteiger partial charge on any atom is 0.276 e. The van der Waals surface area contributed by atoms with Crippen molar-refractivity contribution in [1.29, 1.82) is 0 Å². The number of rotatable bonds is 2. The zero-order valence-corrected chi connectivity index (χ0v) is 18.6. The predicted octanol–water partition coefficient (Wildman–Crippen LogP) is 4.26. The molecule has 8 heteroatoms. The van der Waals surface area contributed by atoms with Crippen molar-refractivity contribution in [2.24, 2.45) is 5.14 Å². The van der Waals surface area contributed by atoms with Gasteiger partial charge in [-0.15, -0.1) is 0 Å². The minimum Gasteiger partial charge on any atom is -0.486 e. The fourth-order valence-corrected chi connectivity index (χ4v) is 5.75. The van der Waals surface area contributed by atoms with Gasteiger partial charge in [0.25, 0.3) is 10.2 Å². The van der Waals surface area contributed by atoms with Gasteiger partial charge in [-0.05, 0) is 23.8 Å². The summed E-state index contributed by atoms with van der Waals surface area (Å²) in [6.07, 6.45) is 1.07. The molecule has 0 amide bonds. The van der Waals surface area contributed by atoms with Crippen LogP contribution in [0, 0.1) is 0 Å². The lowest BCUT2D eigenvalue weighted by atomic mass is 9.82. The number of piperidine rings is 1. The Bertz CT molecular complexity index is 1530. The summed E-state index contributed by atoms with van der Waals surface area (Å²) in [4.78, 5) is 13.2. The molecule has 3 aromatic carbocycles. The molecule has 0 unspecified atom stereocenters. The van der Waals surface area contributed by atoms with E-state index < -0.39 is 15.8 Å². The third-order valence-corrected chi connectivity index (χ3v) is 7.88. The third-order valence-electron chi connectivity index (χ3n) is 6.80. The molecule has 4 aromatic rings. The fourth-order valence-electron chi connectivity index (χ4n) is 5.06. The van der Waals surface area contributed by atoms with Crippen molar-refractivity contribution in [2.45, 2.75) is 24.9 Å². The van der Waals surface area contributed by atoms with Crippen LogP contribution in [0.4, 0.5) is 0 Å². The van der Waals surface area contributed by atoms with E-state index in [1.54, 1.807) is 0 Å². The molecule has 33 heavy (non-hydrogen) atoms. The van der Waals surface area contributed by atoms with Crippen LogP contribution in [0.1, 0.15) is 29.6 Å². The summed E-state index contributed by atoms with van der Waals surface area (Å²) in [6.45, 7) is 0.487. The van der Waals surface area contributed by atoms with Crippen molar-refractivity contribution < 1.29 is 22.4 Å². The highest BCUT2D eigenvalue weighted by Gasteiger charge is 2.44. The fraction of sp³-hybridized carbons (Fsp3) is 0.240. The number of hydrogen-bond acceptors (Lipinski definition) is 5. The van der Waals surface area contributed by atoms with Crippen LogP contribution in [0.2, 0.25) is 0 Å². The second-order valence-electron chi connectivity index (χ2n) is 8.82. The summed E-state index contributed by atoms with van der Waals surface area (Å²) >= 11 is 0. The smallest absolute Gasteiger partial charge is 0.276 e. The van der Waals surface area contributed by atoms with E-state index in [2.05, 4.69) is 0 Å². The summed E-state index contributed by atoms with van der Waals surface area (Å²) in [7, 11) is -3.74. The molecule has 2 aliphatic heterocycles. The zero-order valence-electron chi connectivity index (χ0n) is 17.8. The van der Waals surface area contributed by atoms with E-state index in [0.29, 0.717) is 24.2 Å². The van der Waals surface area contributed by atoms with Gasteiger partial charge in [0.15, 0.2) is 5.78 Å². The van der Waals surface area contributed by atoms with Gasteiger partial charge in [-0.2, -0.15) is 12.7 Å². The quantitative estimate of drug-likeness (QED) is 0.480. The maximum atomic E-state index is 13.2. The molecule has 3 heterocycles. The Labute approximate surface area is 190 Å². The molecular weight excluding hydrogens is 440 g/mol. The number of nitrogens with two attached hydrogens (primary N) is 1. The topological polar surface area (TPSA) is 103 Å². The van der Waals surface area contributed by atoms with Gasteiger partial charge in [-0.1, -0.05) is 42.5 Å². The molecule has 168 valence electrons. The standard InChI is InChI=1S/C25H22N2O5S/c26-33(29,30)27-12-10-25(11-13-27)15-21(28)20-14-16(8-9-23(20)32-25)17-5-3-6-19-18-4-1-2-7-22(18)31-24(17)19/h1-9,14H,10-13,15H2,(H2,26,29,30). The first-order valence-corrected chi connectivity index (χ1v) is 12.4. The number of ether oxygens (including phenoxy) is 1. The molecule has 1 saturated heterocycles. The molecule has 2 N–H and O–H groups in total. The van der Waals surface area contributed by atoms with E-state index in [4.69, 9.17) is 14.3 Å². The van der Waals surface area contributed by atoms with Crippen molar-refractivity contribution in [3.63, 3.8) is 0 Å². The number of carbonyl (C=O) groups is 1. The van der Waals surface area contributed by atoms with Gasteiger partial charge >= 0.3 is 0 Å². The number of carbonyl (C=O) groups excluding carboxylic acids is 1. The van der Waals surface area contributed by atoms with Gasteiger partial charge in [0.2, 0.25) is 0 Å². The van der Waals surface area contributed by atoms with E-state index in [-0.39, 0.29) is 25.3 Å². The van der Waals surface area contributed by atoms with Gasteiger partial charge in [0.1, 0.15) is 22.5 Å². The van der Waals surface area contributed by atoms with Gasteiger partial charge in [0.05, 0.1) is 12.0 Å². The summed E-state index contributed by atoms with van der Waals surface area (Å²) in [5, 5.41) is 7.34. The Kier molecular flexibility index (Phi) is 4.42. The average Bonchev–Trinajstić information content (AvgIpc) is 3.17. The highest BCUT2D eigenvalue weighted by molar-refractivity contribution is 7.86. The zero-order chi connectivity index (χ0) is 22.8. The van der Waals surface area contributed by atoms with Crippen molar-refractivity contribution in [3.05, 3.63) is 66.2 Å². The monoisotopic (exact) mass is 462 g/mol. The molecular formula is C25H22N2O5S. The number of para-hydroxylation sites is 2. The Balaban J connectivity index is 1.36. The number of furan rings is 1. The second-order valence-corrected chi connectivity index (χ2v) is 10.4. The lowest BCUT2D eigenvalue weighted by Crippen LogP contribution is -2.53. The molecule has 0 saturated carbocycles. The van der Waals surface area contributed by atoms with Crippen LogP contribution in [0.25, 0.3) is 33.1 Å². The lowest BCUT2D eigenvalue weighted by molar-refractivity contribution is 0.00594. The van der Waals surface area contributed by atoms with Crippen molar-refractivity contribution in [3.8, 4) is 16.9 Å². The van der Waals surface area contributed by atoms with Crippen LogP contribution >= 0.6 is 0 Å². The molecule has 2 aliphatic rings. The number of Topliss-reactive ketones (excluding diaryl/α,β-unsaturated/α-hetero) is 1. The number of nitrogens with zero attached hydrogens (tertiary/aromatic N) is 1. The van der Waals surface area contributed by atoms with Crippen LogP contribution in [-0.4, -0.2) is 37.2 Å². The number of benzene rings is 3. The molecule has 0 radical (unpaired) electrons. The van der Waals surface area contributed by atoms with Gasteiger partial charge < -0.3 is 9.15 Å². The van der Waals surface area contributed by atoms with E-state index in [1.165, 1.54) is 4.31 Å². The molecule has 7 nitrogen and oxygen atoms in total. The van der Waals surface area contributed by atoms with E-state index in [0.717, 1.165) is 33.1 Å². The Morgan fingerprint density at radius 3 is 2.45 bits per heavy atom. The van der Waals surface area contributed by atoms with Crippen molar-refractivity contribution >= 4 is 37.9 Å². The minimum atomic E-state index is -3.74. The molecule has 6 rings (SSSR count). The number of hydrogen-bond donors (Lipinski definition) is 1. The molecule has 1 fully saturated rings. The summed E-state index contributed by atoms with van der Waals surface area (Å²) in [5.74, 6) is 0.537. The van der Waals surface area contributed by atoms with Gasteiger partial charge in [-0.3, -0.25) is 4.79 Å². The first-order valence-electron chi connectivity index (χ1n) is 10.9. The number of fused-ring (bicyclic) bond motifs is 4. The van der Waals surface area contributed by atoms with Gasteiger partial charge in [-0.25, -0.2) is 5.14 Å². The van der Waals surface area contributed by atoms with Crippen LogP contribution in [0.15, 0.2) is 65.1 Å². The van der Waals surface area contributed by atoms with Gasteiger partial charge in [0, 0.05) is 42.3 Å². The van der Waals surface area contributed by atoms with Crippen molar-refractivity contribution in [1.82, 2.24) is 4.31 Å². The average molecular weight is 463 g/mol. The normalized spacial score (nSPS) is 18.5. The first kappa shape index (κ1) is 20.4. The summed E-state index contributed by atoms with van der Waals surface area (Å²) in [5.41, 5.74) is 3.27. The largest absolute Gasteiger partial charge is 0.486 e. The second kappa shape index (κ2) is 7.15. The Hall–Kier alpha value is -3.20. The number of ketones is 1. The Morgan fingerprint density at radius 1 is 0.909 bits per heavy atom. The third kappa shape index (κ3) is 3.33. The van der Waals surface area contributed by atoms with Crippen LogP contribution in [-0.2, 0) is 10.2 Å². The van der Waals surface area contributed by atoms with E-state index in [1.807, 2.05) is 60.7 Å². The highest BCUT2D eigenvalue weighted by atomic mass is 32.2. The molecule has 0 bridgehead atoms. The minimum absolute atomic E-state index is 0.000985. The van der Waals surface area contributed by atoms with Crippen LogP contribution in [0.5, 0.6) is 5.75 Å². The highest BCUT2D eigenvalue weighted by Crippen LogP contribution is 2.42. The lowest BCUT2D eigenvalue weighted by Gasteiger charge is -2.43. The first-order chi connectivity index (χ1) is 15.8. The SMILES string of the molecule is NS(=O)(=O)N1CCC2(CC1)CC(=O)c1cc(-c3cccc4c3oc3ccccc34)ccc1O2. The van der Waals surface area contributed by atoms with E-state index >= 15 is 0 Å².